The van der Waals surface area contributed by atoms with Gasteiger partial charge in [-0.3, -0.25) is 4.31 Å². The molecule has 86 valence electrons. The highest BCUT2D eigenvalue weighted by Gasteiger charge is 2.31. The topological polar surface area (TPSA) is 6.48 Å². The van der Waals surface area contributed by atoms with Crippen LogP contribution in [-0.4, -0.2) is 35.1 Å². The lowest BCUT2D eigenvalue weighted by molar-refractivity contribution is 0.354. The Bertz CT molecular complexity index is 246. The maximum Gasteiger partial charge on any atom is 0.164 e. The van der Waals surface area contributed by atoms with Crippen LogP contribution < -0.4 is 0 Å². The van der Waals surface area contributed by atoms with Crippen molar-refractivity contribution < 1.29 is 0 Å². The summed E-state index contributed by atoms with van der Waals surface area (Å²) >= 11 is 3.67. The third kappa shape index (κ3) is 2.62. The summed E-state index contributed by atoms with van der Waals surface area (Å²) in [6.45, 7) is 4.53. The maximum atomic E-state index is 2.45. The number of hydrogen-bond donors (Lipinski definition) is 0. The second-order valence-corrected chi connectivity index (χ2v) is 5.30. The van der Waals surface area contributed by atoms with E-state index in [-0.39, 0.29) is 0 Å². The molecule has 2 nitrogen and oxygen atoms in total. The summed E-state index contributed by atoms with van der Waals surface area (Å²) in [5.74, 6) is 0. The molecular weight excluding hydrogens is 223 g/mol. The zero-order chi connectivity index (χ0) is 11.4. The minimum Gasteiger partial charge on any atom is -0.306 e. The molecule has 0 aromatic rings. The molecule has 0 N–H and O–H groups in total. The first-order chi connectivity index (χ1) is 7.17. The SMILES string of the molecule is BC1=C(CCCC)N(SC)C(C)N1SC. The summed E-state index contributed by atoms with van der Waals surface area (Å²) < 4.78 is 4.85. The van der Waals surface area contributed by atoms with E-state index in [0.717, 1.165) is 0 Å². The van der Waals surface area contributed by atoms with Crippen LogP contribution in [0.15, 0.2) is 11.3 Å². The first-order valence-corrected chi connectivity index (χ1v) is 7.90. The Morgan fingerprint density at radius 3 is 2.33 bits per heavy atom. The van der Waals surface area contributed by atoms with Crippen molar-refractivity contribution in [2.24, 2.45) is 0 Å². The average molecular weight is 244 g/mol. The highest BCUT2D eigenvalue weighted by molar-refractivity contribution is 7.97. The Labute approximate surface area is 104 Å². The highest BCUT2D eigenvalue weighted by Crippen LogP contribution is 2.38. The predicted molar refractivity (Wildman–Crippen MR) is 75.3 cm³/mol. The van der Waals surface area contributed by atoms with Gasteiger partial charge in [0.05, 0.1) is 0 Å². The molecule has 1 aliphatic heterocycles. The van der Waals surface area contributed by atoms with Crippen molar-refractivity contribution in [3.05, 3.63) is 11.3 Å². The zero-order valence-electron chi connectivity index (χ0n) is 10.4. The van der Waals surface area contributed by atoms with Gasteiger partial charge >= 0.3 is 0 Å². The van der Waals surface area contributed by atoms with E-state index in [1.807, 2.05) is 23.9 Å². The van der Waals surface area contributed by atoms with Crippen LogP contribution in [0.5, 0.6) is 0 Å². The minimum absolute atomic E-state index is 0.488. The van der Waals surface area contributed by atoms with Gasteiger partial charge in [0.25, 0.3) is 0 Å². The van der Waals surface area contributed by atoms with Gasteiger partial charge in [-0.05, 0) is 19.8 Å². The summed E-state index contributed by atoms with van der Waals surface area (Å²) in [6, 6.07) is 0. The first-order valence-electron chi connectivity index (χ1n) is 5.53. The Morgan fingerprint density at radius 2 is 1.87 bits per heavy atom. The number of rotatable bonds is 5. The molecule has 1 heterocycles. The molecule has 0 aromatic carbocycles. The molecular formula is C10H21BN2S2. The van der Waals surface area contributed by atoms with E-state index in [9.17, 15) is 0 Å². The summed E-state index contributed by atoms with van der Waals surface area (Å²) in [4.78, 5) is 0. The molecule has 0 saturated carbocycles. The van der Waals surface area contributed by atoms with E-state index in [0.29, 0.717) is 6.17 Å². The van der Waals surface area contributed by atoms with Gasteiger partial charge in [0.2, 0.25) is 0 Å². The van der Waals surface area contributed by atoms with Gasteiger partial charge in [0, 0.05) is 23.8 Å². The van der Waals surface area contributed by atoms with E-state index in [2.05, 4.69) is 42.8 Å². The van der Waals surface area contributed by atoms with Crippen LogP contribution in [0.25, 0.3) is 0 Å². The van der Waals surface area contributed by atoms with Gasteiger partial charge in [0.1, 0.15) is 6.17 Å². The monoisotopic (exact) mass is 244 g/mol. The number of allylic oxidation sites excluding steroid dienone is 1. The quantitative estimate of drug-likeness (QED) is 0.541. The molecule has 5 heteroatoms. The van der Waals surface area contributed by atoms with Gasteiger partial charge in [0.15, 0.2) is 7.85 Å². The van der Waals surface area contributed by atoms with Gasteiger partial charge in [-0.15, -0.1) is 0 Å². The van der Waals surface area contributed by atoms with Crippen molar-refractivity contribution in [3.63, 3.8) is 0 Å². The van der Waals surface area contributed by atoms with E-state index >= 15 is 0 Å². The van der Waals surface area contributed by atoms with Crippen LogP contribution in [-0.2, 0) is 0 Å². The molecule has 0 bridgehead atoms. The molecule has 0 aromatic heterocycles. The molecule has 1 unspecified atom stereocenters. The number of unbranched alkanes of at least 4 members (excludes halogenated alkanes) is 1. The molecule has 0 saturated heterocycles. The van der Waals surface area contributed by atoms with E-state index in [4.69, 9.17) is 0 Å². The Morgan fingerprint density at radius 1 is 1.27 bits per heavy atom. The van der Waals surface area contributed by atoms with Crippen LogP contribution in [0.1, 0.15) is 33.1 Å². The lowest BCUT2D eigenvalue weighted by Gasteiger charge is -2.28. The fraction of sp³-hybridized carbons (Fsp3) is 0.800. The van der Waals surface area contributed by atoms with Gasteiger partial charge in [-0.1, -0.05) is 37.2 Å². The molecule has 1 atom stereocenters. The van der Waals surface area contributed by atoms with Crippen molar-refractivity contribution in [1.29, 1.82) is 0 Å². The van der Waals surface area contributed by atoms with Gasteiger partial charge in [-0.25, -0.2) is 0 Å². The largest absolute Gasteiger partial charge is 0.306 e. The Kier molecular flexibility index (Phi) is 5.26. The molecule has 15 heavy (non-hydrogen) atoms. The summed E-state index contributed by atoms with van der Waals surface area (Å²) in [6.07, 6.45) is 8.58. The summed E-state index contributed by atoms with van der Waals surface area (Å²) in [7, 11) is 2.24. The Balaban J connectivity index is 2.81. The normalized spacial score (nSPS) is 21.7. The summed E-state index contributed by atoms with van der Waals surface area (Å²) in [5.41, 5.74) is 2.96. The average Bonchev–Trinajstić information content (AvgIpc) is 2.46. The van der Waals surface area contributed by atoms with Crippen molar-refractivity contribution in [2.75, 3.05) is 12.5 Å². The molecule has 0 radical (unpaired) electrons. The maximum absolute atomic E-state index is 2.45. The third-order valence-electron chi connectivity index (χ3n) is 2.85. The van der Waals surface area contributed by atoms with Crippen molar-refractivity contribution in [2.45, 2.75) is 39.3 Å². The smallest absolute Gasteiger partial charge is 0.164 e. The molecule has 0 spiro atoms. The lowest BCUT2D eigenvalue weighted by atomic mass is 10.0. The van der Waals surface area contributed by atoms with Crippen molar-refractivity contribution in [1.82, 2.24) is 8.61 Å². The number of nitrogens with zero attached hydrogens (tertiary/aromatic N) is 2. The number of hydrogen-bond acceptors (Lipinski definition) is 4. The molecule has 1 rings (SSSR count). The van der Waals surface area contributed by atoms with Crippen LogP contribution in [0.2, 0.25) is 0 Å². The van der Waals surface area contributed by atoms with Crippen LogP contribution in [0, 0.1) is 0 Å². The predicted octanol–water partition coefficient (Wildman–Crippen LogP) is 2.50. The summed E-state index contributed by atoms with van der Waals surface area (Å²) in [5, 5.41) is 0. The van der Waals surface area contributed by atoms with E-state index in [1.165, 1.54) is 30.6 Å². The molecule has 0 aliphatic carbocycles. The fourth-order valence-corrected chi connectivity index (χ4v) is 3.76. The second kappa shape index (κ2) is 5.99. The minimum atomic E-state index is 0.488. The van der Waals surface area contributed by atoms with Crippen LogP contribution >= 0.6 is 23.9 Å². The van der Waals surface area contributed by atoms with Gasteiger partial charge < -0.3 is 4.31 Å². The van der Waals surface area contributed by atoms with Crippen LogP contribution in [0.4, 0.5) is 0 Å². The highest BCUT2D eigenvalue weighted by atomic mass is 32.2. The van der Waals surface area contributed by atoms with Crippen LogP contribution in [0.3, 0.4) is 0 Å². The third-order valence-corrected chi connectivity index (χ3v) is 4.74. The Hall–Kier alpha value is 0.105. The van der Waals surface area contributed by atoms with Gasteiger partial charge in [-0.2, -0.15) is 0 Å². The molecule has 1 aliphatic rings. The first kappa shape index (κ1) is 13.2. The van der Waals surface area contributed by atoms with E-state index in [1.54, 1.807) is 0 Å². The van der Waals surface area contributed by atoms with E-state index < -0.39 is 0 Å². The molecule has 0 amide bonds. The zero-order valence-corrected chi connectivity index (χ0v) is 12.0. The van der Waals surface area contributed by atoms with Crippen molar-refractivity contribution in [3.8, 4) is 0 Å². The fourth-order valence-electron chi connectivity index (χ4n) is 2.08. The second-order valence-electron chi connectivity index (χ2n) is 3.78. The standard InChI is InChI=1S/C10H21BN2S2/c1-5-6-7-9-10(11)13(15-4)8(2)12(9)14-3/h8H,5-7,11H2,1-4H3. The molecule has 0 fully saturated rings. The lowest BCUT2D eigenvalue weighted by Crippen LogP contribution is -2.29. The van der Waals surface area contributed by atoms with Crippen molar-refractivity contribution >= 4 is 31.7 Å².